The summed E-state index contributed by atoms with van der Waals surface area (Å²) < 4.78 is 15.4. The first kappa shape index (κ1) is 29.9. The summed E-state index contributed by atoms with van der Waals surface area (Å²) >= 11 is 1.31. The minimum atomic E-state index is -0.697. The van der Waals surface area contributed by atoms with Crippen molar-refractivity contribution in [3.05, 3.63) is 132 Å². The Morgan fingerprint density at radius 2 is 1.76 bits per heavy atom. The zero-order valence-corrected chi connectivity index (χ0v) is 26.4. The average molecular weight is 617 g/mol. The van der Waals surface area contributed by atoms with Crippen LogP contribution < -0.4 is 19.6 Å². The lowest BCUT2D eigenvalue weighted by Crippen LogP contribution is -2.39. The molecule has 3 aromatic carbocycles. The van der Waals surface area contributed by atoms with Crippen molar-refractivity contribution in [1.29, 1.82) is 5.26 Å². The first-order valence-corrected chi connectivity index (χ1v) is 15.7. The van der Waals surface area contributed by atoms with Crippen LogP contribution in [0.3, 0.4) is 0 Å². The Balaban J connectivity index is 1.51. The van der Waals surface area contributed by atoms with Crippen molar-refractivity contribution < 1.29 is 14.3 Å². The number of rotatable bonds is 8. The van der Waals surface area contributed by atoms with Gasteiger partial charge in [-0.15, -0.1) is 0 Å². The number of ether oxygens (including phenoxy) is 2. The molecule has 226 valence electrons. The van der Waals surface area contributed by atoms with Crippen molar-refractivity contribution in [2.45, 2.75) is 40.3 Å². The molecule has 1 aliphatic heterocycles. The highest BCUT2D eigenvalue weighted by Gasteiger charge is 2.33. The average Bonchev–Trinajstić information content (AvgIpc) is 3.49. The van der Waals surface area contributed by atoms with Crippen LogP contribution in [0.4, 0.5) is 0 Å². The van der Waals surface area contributed by atoms with Gasteiger partial charge < -0.3 is 14.0 Å². The Morgan fingerprint density at radius 3 is 2.44 bits per heavy atom. The number of carbonyl (C=O) groups excluding carboxylic acids is 1. The van der Waals surface area contributed by atoms with Crippen molar-refractivity contribution in [2.75, 3.05) is 13.2 Å². The summed E-state index contributed by atoms with van der Waals surface area (Å²) in [4.78, 5) is 32.8. The molecule has 0 saturated heterocycles. The molecule has 0 bridgehead atoms. The summed E-state index contributed by atoms with van der Waals surface area (Å²) in [6.07, 6.45) is 1.94. The standard InChI is InChI=1S/C36H32N4O4S/c1-5-43-27-17-15-26(16-18-27)33-32(35(42)44-6-2)22(3)38-36-40(33)34(41)31(45-36)19-29-23(4)39(30-10-8-7-9-28(29)30)21-25-13-11-24(20-37)12-14-25/h7-19,33H,5-6,21H2,1-4H3/b31-19-/t33-/m0/s1. The summed E-state index contributed by atoms with van der Waals surface area (Å²) in [6, 6.07) is 24.6. The maximum Gasteiger partial charge on any atom is 0.338 e. The molecular weight excluding hydrogens is 584 g/mol. The number of carbonyl (C=O) groups is 1. The van der Waals surface area contributed by atoms with Crippen molar-refractivity contribution in [3.63, 3.8) is 0 Å². The third-order valence-electron chi connectivity index (χ3n) is 8.00. The van der Waals surface area contributed by atoms with E-state index in [4.69, 9.17) is 14.5 Å². The van der Waals surface area contributed by atoms with Crippen LogP contribution >= 0.6 is 11.3 Å². The SMILES string of the molecule is CCOC(=O)C1=C(C)N=c2s/c(=C\c3c(C)n(Cc4ccc(C#N)cc4)c4ccccc34)c(=O)n2[C@H]1c1ccc(OCC)cc1. The molecule has 3 heterocycles. The number of allylic oxidation sites excluding steroid dienone is 1. The second-order valence-electron chi connectivity index (χ2n) is 10.7. The van der Waals surface area contributed by atoms with Crippen LogP contribution in [0.15, 0.2) is 93.9 Å². The van der Waals surface area contributed by atoms with E-state index < -0.39 is 12.0 Å². The number of aromatic nitrogens is 2. The molecule has 0 spiro atoms. The van der Waals surface area contributed by atoms with Crippen LogP contribution in [-0.4, -0.2) is 28.3 Å². The lowest BCUT2D eigenvalue weighted by molar-refractivity contribution is -0.139. The summed E-state index contributed by atoms with van der Waals surface area (Å²) in [7, 11) is 0. The third kappa shape index (κ3) is 5.49. The number of thiazole rings is 1. The lowest BCUT2D eigenvalue weighted by atomic mass is 9.96. The van der Waals surface area contributed by atoms with E-state index in [1.54, 1.807) is 18.4 Å². The molecular formula is C36H32N4O4S. The van der Waals surface area contributed by atoms with E-state index in [9.17, 15) is 14.9 Å². The molecule has 0 amide bonds. The first-order valence-electron chi connectivity index (χ1n) is 14.8. The molecule has 9 heteroatoms. The fraction of sp³-hybridized carbons (Fsp3) is 0.222. The van der Waals surface area contributed by atoms with Gasteiger partial charge in [0.05, 0.1) is 46.7 Å². The van der Waals surface area contributed by atoms with Crippen molar-refractivity contribution in [3.8, 4) is 11.8 Å². The number of hydrogen-bond acceptors (Lipinski definition) is 7. The molecule has 1 aliphatic rings. The van der Waals surface area contributed by atoms with Crippen molar-refractivity contribution in [1.82, 2.24) is 9.13 Å². The van der Waals surface area contributed by atoms with Crippen LogP contribution in [0.1, 0.15) is 54.8 Å². The molecule has 2 aromatic heterocycles. The largest absolute Gasteiger partial charge is 0.494 e. The molecule has 0 unspecified atom stereocenters. The van der Waals surface area contributed by atoms with Gasteiger partial charge in [-0.1, -0.05) is 53.8 Å². The summed E-state index contributed by atoms with van der Waals surface area (Å²) in [5, 5.41) is 10.2. The zero-order valence-electron chi connectivity index (χ0n) is 25.5. The third-order valence-corrected chi connectivity index (χ3v) is 8.99. The molecule has 0 radical (unpaired) electrons. The van der Waals surface area contributed by atoms with E-state index in [-0.39, 0.29) is 12.2 Å². The number of benzene rings is 3. The molecule has 1 atom stereocenters. The Morgan fingerprint density at radius 1 is 1.02 bits per heavy atom. The van der Waals surface area contributed by atoms with Crippen LogP contribution in [0.25, 0.3) is 17.0 Å². The Bertz CT molecular complexity index is 2180. The Hall–Kier alpha value is -5.20. The van der Waals surface area contributed by atoms with E-state index in [2.05, 4.69) is 29.7 Å². The monoisotopic (exact) mass is 616 g/mol. The topological polar surface area (TPSA) is 98.6 Å². The zero-order chi connectivity index (χ0) is 31.7. The number of fused-ring (bicyclic) bond motifs is 2. The second-order valence-corrected chi connectivity index (χ2v) is 11.7. The van der Waals surface area contributed by atoms with Crippen molar-refractivity contribution in [2.24, 2.45) is 4.99 Å². The molecule has 5 aromatic rings. The molecule has 0 N–H and O–H groups in total. The lowest BCUT2D eigenvalue weighted by Gasteiger charge is -2.24. The van der Waals surface area contributed by atoms with Crippen LogP contribution in [0.2, 0.25) is 0 Å². The van der Waals surface area contributed by atoms with Gasteiger partial charge in [0.1, 0.15) is 5.75 Å². The van der Waals surface area contributed by atoms with Gasteiger partial charge in [-0.2, -0.15) is 5.26 Å². The maximum atomic E-state index is 14.3. The Kier molecular flexibility index (Phi) is 8.24. The smallest absolute Gasteiger partial charge is 0.338 e. The van der Waals surface area contributed by atoms with Gasteiger partial charge in [0.15, 0.2) is 4.80 Å². The second kappa shape index (κ2) is 12.4. The molecule has 6 rings (SSSR count). The fourth-order valence-corrected chi connectivity index (χ4v) is 6.89. The van der Waals surface area contributed by atoms with Gasteiger partial charge in [0.25, 0.3) is 5.56 Å². The fourth-order valence-electron chi connectivity index (χ4n) is 5.86. The highest BCUT2D eigenvalue weighted by molar-refractivity contribution is 7.07. The number of nitrogens with zero attached hydrogens (tertiary/aromatic N) is 4. The molecule has 45 heavy (non-hydrogen) atoms. The predicted octanol–water partition coefficient (Wildman–Crippen LogP) is 5.38. The van der Waals surface area contributed by atoms with Crippen LogP contribution in [-0.2, 0) is 16.1 Å². The van der Waals surface area contributed by atoms with Gasteiger partial charge >= 0.3 is 5.97 Å². The van der Waals surface area contributed by atoms with Gasteiger partial charge in [-0.25, -0.2) is 9.79 Å². The normalized spacial score (nSPS) is 14.6. The number of esters is 1. The summed E-state index contributed by atoms with van der Waals surface area (Å²) in [6.45, 7) is 8.88. The number of nitriles is 1. The minimum absolute atomic E-state index is 0.210. The van der Waals surface area contributed by atoms with Crippen LogP contribution in [0.5, 0.6) is 5.75 Å². The van der Waals surface area contributed by atoms with E-state index in [1.165, 1.54) is 11.3 Å². The van der Waals surface area contributed by atoms with E-state index in [1.807, 2.05) is 73.7 Å². The quantitative estimate of drug-likeness (QED) is 0.218. The molecule has 0 fully saturated rings. The first-order chi connectivity index (χ1) is 21.8. The maximum absolute atomic E-state index is 14.3. The van der Waals surface area contributed by atoms with Crippen LogP contribution in [0, 0.1) is 18.3 Å². The minimum Gasteiger partial charge on any atom is -0.494 e. The highest BCUT2D eigenvalue weighted by Crippen LogP contribution is 2.32. The Labute approximate surface area is 264 Å². The molecule has 0 aliphatic carbocycles. The van der Waals surface area contributed by atoms with Gasteiger partial charge in [0, 0.05) is 28.7 Å². The highest BCUT2D eigenvalue weighted by atomic mass is 32.1. The molecule has 0 saturated carbocycles. The van der Waals surface area contributed by atoms with Gasteiger partial charge in [-0.05, 0) is 75.2 Å². The van der Waals surface area contributed by atoms with E-state index in [0.29, 0.717) is 45.1 Å². The van der Waals surface area contributed by atoms with Crippen molar-refractivity contribution >= 4 is 34.3 Å². The summed E-state index contributed by atoms with van der Waals surface area (Å²) in [5.74, 6) is 0.216. The number of para-hydroxylation sites is 1. The predicted molar refractivity (Wildman–Crippen MR) is 175 cm³/mol. The number of hydrogen-bond donors (Lipinski definition) is 0. The van der Waals surface area contributed by atoms with E-state index in [0.717, 1.165) is 33.3 Å². The van der Waals surface area contributed by atoms with E-state index >= 15 is 0 Å². The summed E-state index contributed by atoms with van der Waals surface area (Å²) in [5.41, 5.74) is 6.10. The van der Waals surface area contributed by atoms with Gasteiger partial charge in [-0.3, -0.25) is 9.36 Å². The molecule has 8 nitrogen and oxygen atoms in total. The van der Waals surface area contributed by atoms with Gasteiger partial charge in [0.2, 0.25) is 0 Å².